The van der Waals surface area contributed by atoms with Crippen LogP contribution in [0.4, 0.5) is 5.69 Å². The van der Waals surface area contributed by atoms with Gasteiger partial charge in [0.25, 0.3) is 17.7 Å². The van der Waals surface area contributed by atoms with Gasteiger partial charge >= 0.3 is 0 Å². The summed E-state index contributed by atoms with van der Waals surface area (Å²) in [6.07, 6.45) is 2.15. The molecule has 0 heterocycles. The van der Waals surface area contributed by atoms with Gasteiger partial charge in [0.2, 0.25) is 23.6 Å². The summed E-state index contributed by atoms with van der Waals surface area (Å²) >= 11 is 0. The number of carbonyl (C=O) groups excluding carboxylic acids is 7. The number of unbranched alkanes of at least 4 members (excludes halogenated alkanes) is 2. The van der Waals surface area contributed by atoms with Gasteiger partial charge in [0.05, 0.1) is 12.6 Å². The minimum atomic E-state index is -1.73. The molecular weight excluding hydrogens is 668 g/mol. The largest absolute Gasteiger partial charge is 0.394 e. The predicted octanol–water partition coefficient (Wildman–Crippen LogP) is 2.80. The molecule has 14 nitrogen and oxygen atoms in total. The highest BCUT2D eigenvalue weighted by Gasteiger charge is 2.47. The van der Waals surface area contributed by atoms with Crippen LogP contribution in [0.2, 0.25) is 0 Å². The van der Waals surface area contributed by atoms with Crippen molar-refractivity contribution in [3.63, 3.8) is 0 Å². The van der Waals surface area contributed by atoms with Crippen molar-refractivity contribution in [2.24, 2.45) is 23.0 Å². The lowest BCUT2D eigenvalue weighted by molar-refractivity contribution is -0.158. The third kappa shape index (κ3) is 12.8. The number of nitrogens with zero attached hydrogens (tertiary/aromatic N) is 2. The highest BCUT2D eigenvalue weighted by Crippen LogP contribution is 2.29. The van der Waals surface area contributed by atoms with Gasteiger partial charge in [0.1, 0.15) is 23.7 Å². The Morgan fingerprint density at radius 2 is 1.40 bits per heavy atom. The molecule has 0 radical (unpaired) electrons. The van der Waals surface area contributed by atoms with Crippen molar-refractivity contribution in [2.75, 3.05) is 11.5 Å². The van der Waals surface area contributed by atoms with Crippen LogP contribution in [-0.2, 0) is 33.6 Å². The van der Waals surface area contributed by atoms with Crippen molar-refractivity contribution in [3.8, 4) is 0 Å². The summed E-state index contributed by atoms with van der Waals surface area (Å²) in [4.78, 5) is 97.1. The molecule has 0 fully saturated rings. The fourth-order valence-corrected chi connectivity index (χ4v) is 5.60. The number of aliphatic hydroxyl groups is 1. The minimum absolute atomic E-state index is 0.00545. The first-order valence-electron chi connectivity index (χ1n) is 18.1. The number of carbonyl (C=O) groups is 7. The maximum Gasteiger partial charge on any atom is 0.259 e. The van der Waals surface area contributed by atoms with Crippen LogP contribution in [0.3, 0.4) is 0 Å². The van der Waals surface area contributed by atoms with Gasteiger partial charge in [-0.15, -0.1) is 0 Å². The molecule has 0 spiro atoms. The Kier molecular flexibility index (Phi) is 17.8. The molecule has 0 aliphatic heterocycles. The molecular formula is C38H62N6O8. The first-order valence-corrected chi connectivity index (χ1v) is 18.1. The van der Waals surface area contributed by atoms with Crippen molar-refractivity contribution in [1.29, 1.82) is 0 Å². The van der Waals surface area contributed by atoms with E-state index in [1.807, 2.05) is 20.8 Å². The van der Waals surface area contributed by atoms with Crippen LogP contribution in [0.1, 0.15) is 108 Å². The second kappa shape index (κ2) is 20.2. The third-order valence-corrected chi connectivity index (χ3v) is 8.57. The van der Waals surface area contributed by atoms with E-state index >= 15 is 0 Å². The molecule has 0 unspecified atom stereocenters. The van der Waals surface area contributed by atoms with Gasteiger partial charge in [-0.2, -0.15) is 0 Å². The molecule has 0 bridgehead atoms. The molecule has 0 aromatic heterocycles. The van der Waals surface area contributed by atoms with Gasteiger partial charge in [-0.3, -0.25) is 38.5 Å². The second-order valence-electron chi connectivity index (χ2n) is 15.6. The van der Waals surface area contributed by atoms with Gasteiger partial charge in [0, 0.05) is 19.0 Å². The lowest BCUT2D eigenvalue weighted by Crippen LogP contribution is -2.67. The Labute approximate surface area is 309 Å². The molecule has 1 rings (SSSR count). The zero-order valence-electron chi connectivity index (χ0n) is 32.9. The van der Waals surface area contributed by atoms with Crippen LogP contribution in [0.5, 0.6) is 0 Å². The lowest BCUT2D eigenvalue weighted by Gasteiger charge is -2.42. The first kappa shape index (κ1) is 45.9. The lowest BCUT2D eigenvalue weighted by atomic mass is 9.84. The molecule has 0 aliphatic rings. The molecule has 4 atom stereocenters. The molecule has 0 saturated heterocycles. The minimum Gasteiger partial charge on any atom is -0.394 e. The molecule has 14 heteroatoms. The smallest absolute Gasteiger partial charge is 0.259 e. The normalized spacial score (nSPS) is 14.1. The average Bonchev–Trinajstić information content (AvgIpc) is 3.03. The van der Waals surface area contributed by atoms with Crippen LogP contribution in [0, 0.1) is 17.3 Å². The first-order chi connectivity index (χ1) is 24.0. The highest BCUT2D eigenvalue weighted by molar-refractivity contribution is 6.15. The van der Waals surface area contributed by atoms with Crippen LogP contribution >= 0.6 is 0 Å². The number of hydrogen-bond donors (Lipinski definition) is 5. The Hall–Kier alpha value is -4.17. The van der Waals surface area contributed by atoms with E-state index in [0.29, 0.717) is 23.4 Å². The predicted molar refractivity (Wildman–Crippen MR) is 199 cm³/mol. The number of para-hydroxylation sites is 1. The van der Waals surface area contributed by atoms with E-state index in [0.717, 1.165) is 6.42 Å². The van der Waals surface area contributed by atoms with E-state index in [-0.39, 0.29) is 18.8 Å². The molecule has 1 aromatic rings. The average molecular weight is 731 g/mol. The second-order valence-corrected chi connectivity index (χ2v) is 15.6. The highest BCUT2D eigenvalue weighted by atomic mass is 16.3. The Balaban J connectivity index is 3.72. The number of benzene rings is 1. The van der Waals surface area contributed by atoms with Gasteiger partial charge in [-0.05, 0) is 56.1 Å². The maximum atomic E-state index is 14.5. The number of imide groups is 3. The molecule has 52 heavy (non-hydrogen) atoms. The molecule has 0 saturated carbocycles. The van der Waals surface area contributed by atoms with Crippen molar-refractivity contribution >= 4 is 47.0 Å². The quantitative estimate of drug-likeness (QED) is 0.141. The summed E-state index contributed by atoms with van der Waals surface area (Å²) in [6, 6.07) is 3.20. The van der Waals surface area contributed by atoms with Crippen molar-refractivity contribution in [2.45, 2.75) is 138 Å². The monoisotopic (exact) mass is 730 g/mol. The Morgan fingerprint density at radius 1 is 0.827 bits per heavy atom. The zero-order chi connectivity index (χ0) is 40.1. The fraction of sp³-hybridized carbons (Fsp3) is 0.658. The van der Waals surface area contributed by atoms with Gasteiger partial charge < -0.3 is 26.8 Å². The number of amides is 7. The maximum absolute atomic E-state index is 14.5. The number of aliphatic hydroxyl groups excluding tert-OH is 1. The number of nitrogens with one attached hydrogen (secondary N) is 3. The number of hydrogen-bond acceptors (Lipinski definition) is 9. The van der Waals surface area contributed by atoms with Crippen LogP contribution in [-0.4, -0.2) is 87.7 Å². The third-order valence-electron chi connectivity index (χ3n) is 8.57. The van der Waals surface area contributed by atoms with Crippen LogP contribution in [0.25, 0.3) is 0 Å². The van der Waals surface area contributed by atoms with Gasteiger partial charge in [-0.25, -0.2) is 4.90 Å². The Bertz CT molecular complexity index is 1410. The van der Waals surface area contributed by atoms with Gasteiger partial charge in [-0.1, -0.05) is 86.4 Å². The SMILES string of the molecule is CCCCCC(=O)N(C(=O)[C@@H](NC(=O)C(C)(C)N(C(=O)[C@H](NC(=O)[C@H](CO)NC(C)=O)C(C)C)c1ccccc1)C(C)(C)C)C(=O)[C@@H](N)CC(C)C. The molecule has 6 N–H and O–H groups in total. The van der Waals surface area contributed by atoms with E-state index in [2.05, 4.69) is 16.0 Å². The molecule has 292 valence electrons. The molecule has 0 aliphatic carbocycles. The summed E-state index contributed by atoms with van der Waals surface area (Å²) in [5.41, 5.74) is 3.76. The Morgan fingerprint density at radius 3 is 1.87 bits per heavy atom. The topological polar surface area (TPSA) is 208 Å². The number of rotatable bonds is 18. The van der Waals surface area contributed by atoms with E-state index in [1.54, 1.807) is 65.0 Å². The fourth-order valence-electron chi connectivity index (χ4n) is 5.60. The zero-order valence-corrected chi connectivity index (χ0v) is 32.9. The summed E-state index contributed by atoms with van der Waals surface area (Å²) in [6.45, 7) is 17.5. The van der Waals surface area contributed by atoms with E-state index in [1.165, 1.54) is 25.7 Å². The summed E-state index contributed by atoms with van der Waals surface area (Å²) < 4.78 is 0. The van der Waals surface area contributed by atoms with Crippen LogP contribution < -0.4 is 26.6 Å². The van der Waals surface area contributed by atoms with E-state index in [9.17, 15) is 38.7 Å². The molecule has 7 amide bonds. The number of nitrogens with two attached hydrogens (primary N) is 1. The van der Waals surface area contributed by atoms with Crippen LogP contribution in [0.15, 0.2) is 30.3 Å². The molecule has 1 aromatic carbocycles. The van der Waals surface area contributed by atoms with E-state index < -0.39 is 89.0 Å². The van der Waals surface area contributed by atoms with E-state index in [4.69, 9.17) is 5.73 Å². The van der Waals surface area contributed by atoms with Crippen molar-refractivity contribution in [1.82, 2.24) is 20.9 Å². The summed E-state index contributed by atoms with van der Waals surface area (Å²) in [7, 11) is 0. The van der Waals surface area contributed by atoms with Crippen molar-refractivity contribution in [3.05, 3.63) is 30.3 Å². The standard InChI is InChI=1S/C38H62N6O8/c1-12-13-15-20-29(47)43(33(49)27(39)21-23(2)3)35(51)31(37(7,8)9)42-36(52)38(10,11)44(26-18-16-14-17-19-26)34(50)30(24(4)5)41-32(48)28(22-45)40-25(6)46/h14,16-19,23-24,27-28,30-31,45H,12-13,15,20-22,39H2,1-11H3,(H,40,46)(H,41,48)(H,42,52)/t27-,28-,30+,31+/m0/s1. The summed E-state index contributed by atoms with van der Waals surface area (Å²) in [5.74, 6) is -5.82. The summed E-state index contributed by atoms with van der Waals surface area (Å²) in [5, 5.41) is 17.5. The van der Waals surface area contributed by atoms with Gasteiger partial charge in [0.15, 0.2) is 0 Å². The van der Waals surface area contributed by atoms with Crippen molar-refractivity contribution < 1.29 is 38.7 Å². The number of anilines is 1.